The van der Waals surface area contributed by atoms with Gasteiger partial charge in [0.05, 0.1) is 0 Å². The first-order valence-electron chi connectivity index (χ1n) is 8.77. The van der Waals surface area contributed by atoms with Crippen LogP contribution in [-0.2, 0) is 29.0 Å². The first kappa shape index (κ1) is 17.7. The maximum absolute atomic E-state index is 12.3. The second kappa shape index (κ2) is 9.38. The summed E-state index contributed by atoms with van der Waals surface area (Å²) >= 11 is 0. The minimum absolute atomic E-state index is 0.292. The minimum atomic E-state index is -0.296. The second-order valence-corrected chi connectivity index (χ2v) is 6.22. The molecule has 3 aromatic carbocycles. The molecule has 3 aromatic rings. The lowest BCUT2D eigenvalue weighted by atomic mass is 9.98. The number of carbonyl (C=O) groups excluding carboxylic acids is 1. The molecular formula is C24H22O2. The zero-order valence-electron chi connectivity index (χ0n) is 14.7. The van der Waals surface area contributed by atoms with Gasteiger partial charge in [-0.2, -0.15) is 0 Å². The smallest absolute Gasteiger partial charge is 0.331 e. The van der Waals surface area contributed by atoms with E-state index < -0.39 is 0 Å². The van der Waals surface area contributed by atoms with Crippen molar-refractivity contribution in [3.05, 3.63) is 119 Å². The summed E-state index contributed by atoms with van der Waals surface area (Å²) in [6, 6.07) is 30.1. The third-order valence-corrected chi connectivity index (χ3v) is 4.09. The topological polar surface area (TPSA) is 26.3 Å². The second-order valence-electron chi connectivity index (χ2n) is 6.22. The van der Waals surface area contributed by atoms with Gasteiger partial charge in [0.15, 0.2) is 0 Å². The number of allylic oxidation sites excluding steroid dienone is 1. The van der Waals surface area contributed by atoms with Gasteiger partial charge in [-0.3, -0.25) is 0 Å². The predicted octanol–water partition coefficient (Wildman–Crippen LogP) is 5.14. The van der Waals surface area contributed by atoms with Gasteiger partial charge in [0, 0.05) is 6.08 Å². The van der Waals surface area contributed by atoms with Crippen molar-refractivity contribution in [2.75, 3.05) is 0 Å². The molecule has 0 N–H and O–H groups in total. The van der Waals surface area contributed by atoms with Gasteiger partial charge in [0.2, 0.25) is 0 Å². The number of rotatable bonds is 7. The van der Waals surface area contributed by atoms with Gasteiger partial charge < -0.3 is 4.74 Å². The van der Waals surface area contributed by atoms with Crippen molar-refractivity contribution in [3.63, 3.8) is 0 Å². The molecule has 0 fully saturated rings. The van der Waals surface area contributed by atoms with Crippen molar-refractivity contribution in [2.24, 2.45) is 0 Å². The van der Waals surface area contributed by atoms with E-state index in [2.05, 4.69) is 24.3 Å². The molecule has 0 radical (unpaired) electrons. The zero-order valence-corrected chi connectivity index (χ0v) is 14.7. The Labute approximate surface area is 154 Å². The average Bonchev–Trinajstić information content (AvgIpc) is 2.69. The molecule has 0 atom stereocenters. The van der Waals surface area contributed by atoms with Crippen molar-refractivity contribution < 1.29 is 9.53 Å². The summed E-state index contributed by atoms with van der Waals surface area (Å²) in [6.07, 6.45) is 3.11. The van der Waals surface area contributed by atoms with Crippen LogP contribution in [0.15, 0.2) is 103 Å². The Morgan fingerprint density at radius 3 is 1.54 bits per heavy atom. The predicted molar refractivity (Wildman–Crippen MR) is 105 cm³/mol. The Hall–Kier alpha value is -3.13. The molecule has 0 amide bonds. The van der Waals surface area contributed by atoms with E-state index in [-0.39, 0.29) is 5.97 Å². The largest absolute Gasteiger partial charge is 0.458 e. The van der Waals surface area contributed by atoms with Crippen LogP contribution >= 0.6 is 0 Å². The van der Waals surface area contributed by atoms with Crippen LogP contribution in [0.1, 0.15) is 16.7 Å². The molecule has 2 heteroatoms. The first-order chi connectivity index (χ1) is 12.8. The van der Waals surface area contributed by atoms with Crippen LogP contribution < -0.4 is 0 Å². The Balaban J connectivity index is 1.70. The van der Waals surface area contributed by atoms with Crippen molar-refractivity contribution in [1.29, 1.82) is 0 Å². The lowest BCUT2D eigenvalue weighted by Gasteiger charge is -2.09. The van der Waals surface area contributed by atoms with E-state index in [1.807, 2.05) is 66.7 Å². The van der Waals surface area contributed by atoms with Gasteiger partial charge in [-0.05, 0) is 29.5 Å². The molecular weight excluding hydrogens is 320 g/mol. The van der Waals surface area contributed by atoms with Gasteiger partial charge in [-0.25, -0.2) is 4.79 Å². The minimum Gasteiger partial charge on any atom is -0.458 e. The molecule has 0 spiro atoms. The Bertz CT molecular complexity index is 794. The fourth-order valence-corrected chi connectivity index (χ4v) is 2.82. The third kappa shape index (κ3) is 5.75. The third-order valence-electron chi connectivity index (χ3n) is 4.09. The highest BCUT2D eigenvalue weighted by atomic mass is 16.5. The van der Waals surface area contributed by atoms with Crippen LogP contribution in [0.5, 0.6) is 0 Å². The van der Waals surface area contributed by atoms with Crippen LogP contribution in [0.2, 0.25) is 0 Å². The van der Waals surface area contributed by atoms with E-state index in [0.29, 0.717) is 6.61 Å². The highest BCUT2D eigenvalue weighted by molar-refractivity contribution is 5.83. The molecule has 0 bridgehead atoms. The molecule has 0 aliphatic rings. The molecule has 3 rings (SSSR count). The quantitative estimate of drug-likeness (QED) is 0.439. The van der Waals surface area contributed by atoms with E-state index in [4.69, 9.17) is 4.74 Å². The van der Waals surface area contributed by atoms with Crippen LogP contribution in [0, 0.1) is 0 Å². The molecule has 0 saturated carbocycles. The summed E-state index contributed by atoms with van der Waals surface area (Å²) in [6.45, 7) is 0.292. The van der Waals surface area contributed by atoms with E-state index in [1.54, 1.807) is 6.08 Å². The number of hydrogen-bond acceptors (Lipinski definition) is 2. The van der Waals surface area contributed by atoms with E-state index in [9.17, 15) is 4.79 Å². The van der Waals surface area contributed by atoms with Crippen molar-refractivity contribution in [1.82, 2.24) is 0 Å². The Morgan fingerprint density at radius 1 is 0.654 bits per heavy atom. The van der Waals surface area contributed by atoms with Crippen molar-refractivity contribution >= 4 is 5.97 Å². The maximum atomic E-state index is 12.3. The lowest BCUT2D eigenvalue weighted by molar-refractivity contribution is -0.139. The SMILES string of the molecule is O=C(C=C(Cc1ccccc1)Cc1ccccc1)OCc1ccccc1. The number of carbonyl (C=O) groups is 1. The first-order valence-corrected chi connectivity index (χ1v) is 8.77. The Kier molecular flexibility index (Phi) is 6.38. The summed E-state index contributed by atoms with van der Waals surface area (Å²) < 4.78 is 5.42. The zero-order chi connectivity index (χ0) is 18.0. The highest BCUT2D eigenvalue weighted by Gasteiger charge is 2.07. The average molecular weight is 342 g/mol. The van der Waals surface area contributed by atoms with Gasteiger partial charge in [-0.1, -0.05) is 96.6 Å². The molecule has 0 saturated heterocycles. The summed E-state index contributed by atoms with van der Waals surface area (Å²) in [5, 5.41) is 0. The molecule has 0 unspecified atom stereocenters. The molecule has 0 aliphatic heterocycles. The van der Waals surface area contributed by atoms with E-state index >= 15 is 0 Å². The number of ether oxygens (including phenoxy) is 1. The Morgan fingerprint density at radius 2 is 1.08 bits per heavy atom. The normalized spacial score (nSPS) is 10.2. The summed E-state index contributed by atoms with van der Waals surface area (Å²) in [4.78, 5) is 12.3. The number of esters is 1. The van der Waals surface area contributed by atoms with Crippen LogP contribution in [0.4, 0.5) is 0 Å². The monoisotopic (exact) mass is 342 g/mol. The van der Waals surface area contributed by atoms with Gasteiger partial charge in [0.25, 0.3) is 0 Å². The lowest BCUT2D eigenvalue weighted by Crippen LogP contribution is -2.05. The summed E-state index contributed by atoms with van der Waals surface area (Å²) in [5.74, 6) is -0.296. The van der Waals surface area contributed by atoms with Crippen LogP contribution in [0.25, 0.3) is 0 Å². The number of hydrogen-bond donors (Lipinski definition) is 0. The van der Waals surface area contributed by atoms with E-state index in [0.717, 1.165) is 24.0 Å². The summed E-state index contributed by atoms with van der Waals surface area (Å²) in [5.41, 5.74) is 4.40. The molecule has 2 nitrogen and oxygen atoms in total. The maximum Gasteiger partial charge on any atom is 0.331 e. The summed E-state index contributed by atoms with van der Waals surface area (Å²) in [7, 11) is 0. The van der Waals surface area contributed by atoms with E-state index in [1.165, 1.54) is 11.1 Å². The molecule has 26 heavy (non-hydrogen) atoms. The standard InChI is InChI=1S/C24H22O2/c25-24(26-19-22-14-8-3-9-15-22)18-23(16-20-10-4-1-5-11-20)17-21-12-6-2-7-13-21/h1-15,18H,16-17,19H2. The van der Waals surface area contributed by atoms with Crippen molar-refractivity contribution in [3.8, 4) is 0 Å². The molecule has 0 aliphatic carbocycles. The van der Waals surface area contributed by atoms with Gasteiger partial charge in [-0.15, -0.1) is 0 Å². The molecule has 0 heterocycles. The van der Waals surface area contributed by atoms with Gasteiger partial charge in [0.1, 0.15) is 6.61 Å². The number of benzene rings is 3. The molecule has 0 aromatic heterocycles. The fourth-order valence-electron chi connectivity index (χ4n) is 2.82. The fraction of sp³-hybridized carbons (Fsp3) is 0.125. The van der Waals surface area contributed by atoms with Crippen LogP contribution in [-0.4, -0.2) is 5.97 Å². The highest BCUT2D eigenvalue weighted by Crippen LogP contribution is 2.15. The molecule has 130 valence electrons. The van der Waals surface area contributed by atoms with Crippen molar-refractivity contribution in [2.45, 2.75) is 19.4 Å². The van der Waals surface area contributed by atoms with Crippen LogP contribution in [0.3, 0.4) is 0 Å². The van der Waals surface area contributed by atoms with Gasteiger partial charge >= 0.3 is 5.97 Å².